The van der Waals surface area contributed by atoms with Crippen molar-refractivity contribution >= 4 is 18.3 Å². The summed E-state index contributed by atoms with van der Waals surface area (Å²) in [6.45, 7) is 8.14. The first-order valence-electron chi connectivity index (χ1n) is 11.2. The molecule has 162 valence electrons. The Bertz CT molecular complexity index is 888. The van der Waals surface area contributed by atoms with Crippen LogP contribution in [-0.4, -0.2) is 70.8 Å². The normalized spacial score (nSPS) is 21.5. The second-order valence-corrected chi connectivity index (χ2v) is 8.54. The number of nitrogens with zero attached hydrogens (tertiary/aromatic N) is 4. The van der Waals surface area contributed by atoms with Gasteiger partial charge in [0.1, 0.15) is 0 Å². The van der Waals surface area contributed by atoms with Gasteiger partial charge in [0.25, 0.3) is 5.91 Å². The van der Waals surface area contributed by atoms with Gasteiger partial charge in [0, 0.05) is 56.6 Å². The number of carbonyl (C=O) groups is 1. The van der Waals surface area contributed by atoms with Gasteiger partial charge in [-0.3, -0.25) is 9.69 Å². The molecule has 0 radical (unpaired) electrons. The van der Waals surface area contributed by atoms with Crippen molar-refractivity contribution in [1.29, 1.82) is 0 Å². The van der Waals surface area contributed by atoms with E-state index in [1.54, 1.807) is 0 Å². The van der Waals surface area contributed by atoms with Crippen molar-refractivity contribution in [3.63, 3.8) is 0 Å². The number of nitrogens with one attached hydrogen (secondary N) is 1. The molecule has 1 N–H and O–H groups in total. The molecule has 2 fully saturated rings. The maximum absolute atomic E-state index is 13.4. The minimum Gasteiger partial charge on any atom is -0.336 e. The van der Waals surface area contributed by atoms with E-state index in [9.17, 15) is 4.79 Å². The molecule has 1 aliphatic carbocycles. The maximum atomic E-state index is 13.4. The zero-order chi connectivity index (χ0) is 19.8. The van der Waals surface area contributed by atoms with Crippen LogP contribution in [0.25, 0.3) is 5.69 Å². The lowest BCUT2D eigenvalue weighted by Gasteiger charge is -2.32. The molecule has 1 aromatic heterocycles. The predicted molar refractivity (Wildman–Crippen MR) is 121 cm³/mol. The Morgan fingerprint density at radius 2 is 1.90 bits per heavy atom. The van der Waals surface area contributed by atoms with E-state index in [0.29, 0.717) is 11.7 Å². The molecule has 2 saturated heterocycles. The van der Waals surface area contributed by atoms with Crippen LogP contribution in [0.1, 0.15) is 47.1 Å². The fourth-order valence-electron chi connectivity index (χ4n) is 5.12. The highest BCUT2D eigenvalue weighted by atomic mass is 35.5. The van der Waals surface area contributed by atoms with E-state index < -0.39 is 0 Å². The summed E-state index contributed by atoms with van der Waals surface area (Å²) in [7, 11) is 0. The Morgan fingerprint density at radius 3 is 2.63 bits per heavy atom. The van der Waals surface area contributed by atoms with Gasteiger partial charge in [0.15, 0.2) is 5.69 Å². The molecule has 2 aromatic rings. The summed E-state index contributed by atoms with van der Waals surface area (Å²) in [5.74, 6) is 0.129. The molecule has 1 unspecified atom stereocenters. The summed E-state index contributed by atoms with van der Waals surface area (Å²) in [4.78, 5) is 18.0. The summed E-state index contributed by atoms with van der Waals surface area (Å²) >= 11 is 0. The Labute approximate surface area is 185 Å². The van der Waals surface area contributed by atoms with E-state index in [1.165, 1.54) is 16.8 Å². The van der Waals surface area contributed by atoms with Crippen molar-refractivity contribution in [3.8, 4) is 5.69 Å². The zero-order valence-electron chi connectivity index (χ0n) is 17.8. The van der Waals surface area contributed by atoms with Crippen LogP contribution in [0.2, 0.25) is 0 Å². The second-order valence-electron chi connectivity index (χ2n) is 8.54. The number of fused-ring (bicyclic) bond motifs is 1. The first-order valence-corrected chi connectivity index (χ1v) is 11.2. The van der Waals surface area contributed by atoms with E-state index >= 15 is 0 Å². The van der Waals surface area contributed by atoms with E-state index in [2.05, 4.69) is 41.4 Å². The van der Waals surface area contributed by atoms with E-state index in [4.69, 9.17) is 5.10 Å². The third kappa shape index (κ3) is 3.88. The van der Waals surface area contributed by atoms with Crippen LogP contribution in [0, 0.1) is 0 Å². The highest BCUT2D eigenvalue weighted by Crippen LogP contribution is 2.30. The van der Waals surface area contributed by atoms with Gasteiger partial charge in [-0.1, -0.05) is 19.1 Å². The van der Waals surface area contributed by atoms with Crippen molar-refractivity contribution in [2.24, 2.45) is 0 Å². The maximum Gasteiger partial charge on any atom is 0.274 e. The quantitative estimate of drug-likeness (QED) is 0.811. The van der Waals surface area contributed by atoms with Gasteiger partial charge in [-0.2, -0.15) is 5.10 Å². The van der Waals surface area contributed by atoms with Gasteiger partial charge in [-0.25, -0.2) is 4.68 Å². The number of hydrogen-bond acceptors (Lipinski definition) is 4. The molecule has 1 amide bonds. The first-order chi connectivity index (χ1) is 14.2. The van der Waals surface area contributed by atoms with Gasteiger partial charge >= 0.3 is 0 Å². The molecular weight excluding hydrogens is 398 g/mol. The van der Waals surface area contributed by atoms with Gasteiger partial charge in [-0.05, 0) is 49.8 Å². The SMILES string of the molecule is CCc1ccc(-n2nc(C(=O)N3CCC(N4CCNCC4)C3)c3c2CCC3)cc1.Cl. The molecule has 3 aliphatic rings. The van der Waals surface area contributed by atoms with Crippen molar-refractivity contribution < 1.29 is 4.79 Å². The van der Waals surface area contributed by atoms with Crippen molar-refractivity contribution in [1.82, 2.24) is 24.9 Å². The highest BCUT2D eigenvalue weighted by Gasteiger charge is 2.35. The van der Waals surface area contributed by atoms with Crippen molar-refractivity contribution in [2.75, 3.05) is 39.3 Å². The summed E-state index contributed by atoms with van der Waals surface area (Å²) in [5.41, 5.74) is 5.50. The van der Waals surface area contributed by atoms with Crippen LogP contribution in [0.5, 0.6) is 0 Å². The van der Waals surface area contributed by atoms with E-state index in [0.717, 1.165) is 77.1 Å². The lowest BCUT2D eigenvalue weighted by atomic mass is 10.1. The Balaban J connectivity index is 0.00000218. The van der Waals surface area contributed by atoms with Crippen LogP contribution < -0.4 is 5.32 Å². The summed E-state index contributed by atoms with van der Waals surface area (Å²) in [6, 6.07) is 9.10. The highest BCUT2D eigenvalue weighted by molar-refractivity contribution is 5.94. The molecule has 5 rings (SSSR count). The first kappa shape index (κ1) is 21.3. The average molecular weight is 430 g/mol. The lowest BCUT2D eigenvalue weighted by molar-refractivity contribution is 0.0766. The van der Waals surface area contributed by atoms with Crippen LogP contribution in [-0.2, 0) is 19.3 Å². The molecule has 3 heterocycles. The molecule has 7 heteroatoms. The Morgan fingerprint density at radius 1 is 1.13 bits per heavy atom. The number of aryl methyl sites for hydroxylation is 1. The van der Waals surface area contributed by atoms with Crippen molar-refractivity contribution in [3.05, 3.63) is 46.8 Å². The second kappa shape index (κ2) is 9.08. The summed E-state index contributed by atoms with van der Waals surface area (Å²) in [5, 5.41) is 8.26. The number of hydrogen-bond donors (Lipinski definition) is 1. The molecule has 0 bridgehead atoms. The number of rotatable bonds is 4. The predicted octanol–water partition coefficient (Wildman–Crippen LogP) is 2.46. The Hall–Kier alpha value is -1.89. The molecule has 1 atom stereocenters. The van der Waals surface area contributed by atoms with Gasteiger partial charge < -0.3 is 10.2 Å². The third-order valence-corrected chi connectivity index (χ3v) is 6.84. The third-order valence-electron chi connectivity index (χ3n) is 6.84. The standard InChI is InChI=1S/C23H31N5O.ClH/c1-2-17-6-8-18(9-7-17)28-21-5-3-4-20(21)22(25-28)23(29)27-13-10-19(16-27)26-14-11-24-12-15-26;/h6-9,19,24H,2-5,10-16H2,1H3;1H. The molecule has 30 heavy (non-hydrogen) atoms. The van der Waals surface area contributed by atoms with Crippen LogP contribution >= 0.6 is 12.4 Å². The number of amides is 1. The van der Waals surface area contributed by atoms with Crippen LogP contribution in [0.4, 0.5) is 0 Å². The molecular formula is C23H32ClN5O. The summed E-state index contributed by atoms with van der Waals surface area (Å²) in [6.07, 6.45) is 5.20. The number of carbonyl (C=O) groups excluding carboxylic acids is 1. The average Bonchev–Trinajstić information content (AvgIpc) is 3.51. The Kier molecular flexibility index (Phi) is 6.46. The van der Waals surface area contributed by atoms with E-state index in [1.807, 2.05) is 9.58 Å². The number of benzene rings is 1. The number of halogens is 1. The largest absolute Gasteiger partial charge is 0.336 e. The monoisotopic (exact) mass is 429 g/mol. The number of likely N-dealkylation sites (tertiary alicyclic amines) is 1. The smallest absolute Gasteiger partial charge is 0.274 e. The minimum absolute atomic E-state index is 0. The fourth-order valence-corrected chi connectivity index (χ4v) is 5.12. The molecule has 0 spiro atoms. The van der Waals surface area contributed by atoms with Gasteiger partial charge in [-0.15, -0.1) is 12.4 Å². The lowest BCUT2D eigenvalue weighted by Crippen LogP contribution is -2.49. The summed E-state index contributed by atoms with van der Waals surface area (Å²) < 4.78 is 2.03. The van der Waals surface area contributed by atoms with E-state index in [-0.39, 0.29) is 18.3 Å². The minimum atomic E-state index is 0. The number of piperazine rings is 1. The topological polar surface area (TPSA) is 53.4 Å². The van der Waals surface area contributed by atoms with Crippen LogP contribution in [0.3, 0.4) is 0 Å². The fraction of sp³-hybridized carbons (Fsp3) is 0.565. The zero-order valence-corrected chi connectivity index (χ0v) is 18.6. The van der Waals surface area contributed by atoms with Crippen molar-refractivity contribution in [2.45, 2.75) is 45.1 Å². The molecule has 1 aromatic carbocycles. The molecule has 2 aliphatic heterocycles. The van der Waals surface area contributed by atoms with Gasteiger partial charge in [0.05, 0.1) is 5.69 Å². The van der Waals surface area contributed by atoms with Gasteiger partial charge in [0.2, 0.25) is 0 Å². The molecule has 0 saturated carbocycles. The van der Waals surface area contributed by atoms with Crippen LogP contribution in [0.15, 0.2) is 24.3 Å². The molecule has 6 nitrogen and oxygen atoms in total. The number of aromatic nitrogens is 2.